The lowest BCUT2D eigenvalue weighted by Crippen LogP contribution is -2.42. The van der Waals surface area contributed by atoms with Crippen LogP contribution in [0.4, 0.5) is 10.5 Å². The average molecular weight is 285 g/mol. The summed E-state index contributed by atoms with van der Waals surface area (Å²) in [5.41, 5.74) is 0.640. The third-order valence-corrected chi connectivity index (χ3v) is 2.98. The monoisotopic (exact) mass is 285 g/mol. The minimum atomic E-state index is -0.301. The summed E-state index contributed by atoms with van der Waals surface area (Å²) in [6, 6.07) is 10.7. The molecule has 6 nitrogen and oxygen atoms in total. The van der Waals surface area contributed by atoms with Crippen LogP contribution in [0.15, 0.2) is 48.8 Å². The number of benzene rings is 1. The van der Waals surface area contributed by atoms with Gasteiger partial charge in [0.2, 0.25) is 0 Å². The Kier molecular flexibility index (Phi) is 3.86. The fraction of sp³-hybridized carbons (Fsp3) is 0.200. The standard InChI is InChI=1S/C15H15N3O3/c19-15(18-11-4-3-7-16-8-11)17-9-12-10-20-13-5-1-2-6-14(13)21-12/h1-8,12H,9-10H2,(H2,17,18,19). The maximum Gasteiger partial charge on any atom is 0.319 e. The van der Waals surface area contributed by atoms with Crippen LogP contribution in [-0.4, -0.2) is 30.3 Å². The molecule has 0 saturated carbocycles. The minimum absolute atomic E-state index is 0.209. The highest BCUT2D eigenvalue weighted by Gasteiger charge is 2.20. The van der Waals surface area contributed by atoms with Gasteiger partial charge in [0.25, 0.3) is 0 Å². The van der Waals surface area contributed by atoms with Gasteiger partial charge in [0.05, 0.1) is 18.4 Å². The predicted octanol–water partition coefficient (Wildman–Crippen LogP) is 2.04. The summed E-state index contributed by atoms with van der Waals surface area (Å²) in [5.74, 6) is 1.43. The molecular formula is C15H15N3O3. The van der Waals surface area contributed by atoms with Crippen LogP contribution in [0.1, 0.15) is 0 Å². The molecule has 2 aromatic rings. The van der Waals surface area contributed by atoms with Crippen molar-refractivity contribution in [1.82, 2.24) is 10.3 Å². The van der Waals surface area contributed by atoms with Crippen LogP contribution in [0, 0.1) is 0 Å². The molecular weight excluding hydrogens is 270 g/mol. The predicted molar refractivity (Wildman–Crippen MR) is 77.6 cm³/mol. The van der Waals surface area contributed by atoms with Crippen molar-refractivity contribution in [1.29, 1.82) is 0 Å². The van der Waals surface area contributed by atoms with Gasteiger partial charge in [0.15, 0.2) is 17.6 Å². The lowest BCUT2D eigenvalue weighted by molar-refractivity contribution is 0.0922. The van der Waals surface area contributed by atoms with E-state index in [4.69, 9.17) is 9.47 Å². The van der Waals surface area contributed by atoms with E-state index in [1.165, 1.54) is 0 Å². The van der Waals surface area contributed by atoms with Crippen molar-refractivity contribution in [2.45, 2.75) is 6.10 Å². The fourth-order valence-corrected chi connectivity index (χ4v) is 1.98. The third kappa shape index (κ3) is 3.42. The van der Waals surface area contributed by atoms with Crippen molar-refractivity contribution >= 4 is 11.7 Å². The van der Waals surface area contributed by atoms with Gasteiger partial charge >= 0.3 is 6.03 Å². The third-order valence-electron chi connectivity index (χ3n) is 2.98. The molecule has 108 valence electrons. The Morgan fingerprint density at radius 1 is 1.24 bits per heavy atom. The number of fused-ring (bicyclic) bond motifs is 1. The van der Waals surface area contributed by atoms with Crippen LogP contribution in [0.3, 0.4) is 0 Å². The Labute approximate surface area is 122 Å². The Balaban J connectivity index is 1.49. The summed E-state index contributed by atoms with van der Waals surface area (Å²) in [5, 5.41) is 5.44. The highest BCUT2D eigenvalue weighted by Crippen LogP contribution is 2.30. The zero-order valence-corrected chi connectivity index (χ0v) is 11.3. The van der Waals surface area contributed by atoms with Crippen LogP contribution in [-0.2, 0) is 0 Å². The summed E-state index contributed by atoms with van der Waals surface area (Å²) in [6.07, 6.45) is 3.02. The molecule has 1 aliphatic heterocycles. The molecule has 3 rings (SSSR count). The van der Waals surface area contributed by atoms with E-state index < -0.39 is 0 Å². The van der Waals surface area contributed by atoms with E-state index >= 15 is 0 Å². The highest BCUT2D eigenvalue weighted by molar-refractivity contribution is 5.88. The van der Waals surface area contributed by atoms with Crippen molar-refractivity contribution in [2.24, 2.45) is 0 Å². The van der Waals surface area contributed by atoms with Crippen LogP contribution in [0.5, 0.6) is 11.5 Å². The number of hydrogen-bond donors (Lipinski definition) is 2. The SMILES string of the molecule is O=C(NCC1COc2ccccc2O1)Nc1cccnc1. The summed E-state index contributed by atoms with van der Waals surface area (Å²) in [6.45, 7) is 0.768. The van der Waals surface area contributed by atoms with Crippen LogP contribution < -0.4 is 20.1 Å². The molecule has 6 heteroatoms. The number of nitrogens with one attached hydrogen (secondary N) is 2. The summed E-state index contributed by atoms with van der Waals surface area (Å²) in [7, 11) is 0. The van der Waals surface area contributed by atoms with Gasteiger partial charge in [-0.15, -0.1) is 0 Å². The number of nitrogens with zero attached hydrogens (tertiary/aromatic N) is 1. The van der Waals surface area contributed by atoms with E-state index in [1.807, 2.05) is 24.3 Å². The second-order valence-electron chi connectivity index (χ2n) is 4.57. The summed E-state index contributed by atoms with van der Waals surface area (Å²) < 4.78 is 11.3. The zero-order chi connectivity index (χ0) is 14.5. The van der Waals surface area contributed by atoms with Crippen molar-refractivity contribution in [3.05, 3.63) is 48.8 Å². The van der Waals surface area contributed by atoms with Gasteiger partial charge in [-0.2, -0.15) is 0 Å². The van der Waals surface area contributed by atoms with E-state index in [-0.39, 0.29) is 12.1 Å². The van der Waals surface area contributed by atoms with Crippen molar-refractivity contribution in [3.63, 3.8) is 0 Å². The van der Waals surface area contributed by atoms with E-state index in [9.17, 15) is 4.79 Å². The Morgan fingerprint density at radius 2 is 2.10 bits per heavy atom. The first kappa shape index (κ1) is 13.2. The Bertz CT molecular complexity index is 619. The van der Waals surface area contributed by atoms with Gasteiger partial charge in [-0.25, -0.2) is 4.79 Å². The molecule has 0 saturated heterocycles. The Morgan fingerprint density at radius 3 is 2.90 bits per heavy atom. The number of hydrogen-bond acceptors (Lipinski definition) is 4. The van der Waals surface area contributed by atoms with Gasteiger partial charge in [0, 0.05) is 6.20 Å². The molecule has 1 atom stereocenters. The molecule has 0 fully saturated rings. The van der Waals surface area contributed by atoms with Crippen molar-refractivity contribution in [3.8, 4) is 11.5 Å². The normalized spacial score (nSPS) is 16.1. The number of ether oxygens (including phenoxy) is 2. The number of rotatable bonds is 3. The minimum Gasteiger partial charge on any atom is -0.486 e. The maximum atomic E-state index is 11.8. The first-order valence-electron chi connectivity index (χ1n) is 6.64. The maximum absolute atomic E-state index is 11.8. The van der Waals surface area contributed by atoms with Gasteiger partial charge in [0.1, 0.15) is 6.61 Å². The van der Waals surface area contributed by atoms with Gasteiger partial charge < -0.3 is 20.1 Å². The fourth-order valence-electron chi connectivity index (χ4n) is 1.98. The number of urea groups is 1. The largest absolute Gasteiger partial charge is 0.486 e. The molecule has 2 N–H and O–H groups in total. The molecule has 0 radical (unpaired) electrons. The van der Waals surface area contributed by atoms with Crippen LogP contribution in [0.2, 0.25) is 0 Å². The number of amides is 2. The molecule has 1 aromatic carbocycles. The van der Waals surface area contributed by atoms with Gasteiger partial charge in [-0.3, -0.25) is 4.98 Å². The molecule has 1 aromatic heterocycles. The van der Waals surface area contributed by atoms with Crippen molar-refractivity contribution in [2.75, 3.05) is 18.5 Å². The summed E-state index contributed by atoms with van der Waals surface area (Å²) in [4.78, 5) is 15.7. The number of carbonyl (C=O) groups is 1. The number of aromatic nitrogens is 1. The topological polar surface area (TPSA) is 72.5 Å². The zero-order valence-electron chi connectivity index (χ0n) is 11.3. The van der Waals surface area contributed by atoms with Gasteiger partial charge in [-0.1, -0.05) is 12.1 Å². The second kappa shape index (κ2) is 6.13. The molecule has 21 heavy (non-hydrogen) atoms. The molecule has 1 aliphatic rings. The van der Waals surface area contributed by atoms with Crippen LogP contribution >= 0.6 is 0 Å². The first-order chi connectivity index (χ1) is 10.3. The van der Waals surface area contributed by atoms with E-state index in [1.54, 1.807) is 24.5 Å². The van der Waals surface area contributed by atoms with E-state index in [0.29, 0.717) is 24.6 Å². The lowest BCUT2D eigenvalue weighted by atomic mass is 10.2. The molecule has 0 bridgehead atoms. The Hall–Kier alpha value is -2.76. The van der Waals surface area contributed by atoms with Crippen molar-refractivity contribution < 1.29 is 14.3 Å². The van der Waals surface area contributed by atoms with Gasteiger partial charge in [-0.05, 0) is 24.3 Å². The number of anilines is 1. The lowest BCUT2D eigenvalue weighted by Gasteiger charge is -2.26. The molecule has 2 amide bonds. The van der Waals surface area contributed by atoms with E-state index in [0.717, 1.165) is 5.75 Å². The summed E-state index contributed by atoms with van der Waals surface area (Å²) >= 11 is 0. The molecule has 0 spiro atoms. The number of para-hydroxylation sites is 2. The van der Waals surface area contributed by atoms with Crippen LogP contribution in [0.25, 0.3) is 0 Å². The smallest absolute Gasteiger partial charge is 0.319 e. The second-order valence-corrected chi connectivity index (χ2v) is 4.57. The number of pyridine rings is 1. The number of carbonyl (C=O) groups excluding carboxylic acids is 1. The highest BCUT2D eigenvalue weighted by atomic mass is 16.6. The van der Waals surface area contributed by atoms with E-state index in [2.05, 4.69) is 15.6 Å². The average Bonchev–Trinajstić information content (AvgIpc) is 2.54. The quantitative estimate of drug-likeness (QED) is 0.905. The first-order valence-corrected chi connectivity index (χ1v) is 6.64. The molecule has 1 unspecified atom stereocenters. The molecule has 0 aliphatic carbocycles. The molecule has 2 heterocycles.